The molecule has 0 spiro atoms. The summed E-state index contributed by atoms with van der Waals surface area (Å²) in [5.74, 6) is -0.299. The summed E-state index contributed by atoms with van der Waals surface area (Å²) < 4.78 is 0.863. The fourth-order valence-corrected chi connectivity index (χ4v) is 2.06. The number of nitro benzene ring substituents is 1. The van der Waals surface area contributed by atoms with Crippen molar-refractivity contribution in [1.82, 2.24) is 0 Å². The standard InChI is InChI=1S/C14H11BrN2O3/c1-16(12-4-2-3-5-13(12)17(19)20)14(18)10-6-8-11(15)9-7-10/h2-9H,1H3. The van der Waals surface area contributed by atoms with Crippen molar-refractivity contribution in [2.45, 2.75) is 0 Å². The molecule has 0 heterocycles. The van der Waals surface area contributed by atoms with Crippen LogP contribution in [-0.2, 0) is 0 Å². The van der Waals surface area contributed by atoms with Crippen LogP contribution >= 0.6 is 15.9 Å². The molecule has 0 radical (unpaired) electrons. The molecule has 0 aliphatic carbocycles. The van der Waals surface area contributed by atoms with Gasteiger partial charge in [0.25, 0.3) is 11.6 Å². The molecule has 0 atom stereocenters. The lowest BCUT2D eigenvalue weighted by Gasteiger charge is -2.17. The largest absolute Gasteiger partial charge is 0.305 e. The summed E-state index contributed by atoms with van der Waals surface area (Å²) in [5, 5.41) is 11.0. The van der Waals surface area contributed by atoms with E-state index in [9.17, 15) is 14.9 Å². The van der Waals surface area contributed by atoms with Gasteiger partial charge in [-0.2, -0.15) is 0 Å². The molecule has 0 N–H and O–H groups in total. The van der Waals surface area contributed by atoms with Crippen LogP contribution < -0.4 is 4.90 Å². The van der Waals surface area contributed by atoms with E-state index in [1.807, 2.05) is 0 Å². The average Bonchev–Trinajstić information content (AvgIpc) is 2.46. The molecule has 102 valence electrons. The van der Waals surface area contributed by atoms with Crippen molar-refractivity contribution >= 4 is 33.2 Å². The van der Waals surface area contributed by atoms with Gasteiger partial charge in [0.15, 0.2) is 0 Å². The highest BCUT2D eigenvalue weighted by molar-refractivity contribution is 9.10. The lowest BCUT2D eigenvalue weighted by Crippen LogP contribution is -2.26. The Bertz CT molecular complexity index is 656. The number of hydrogen-bond donors (Lipinski definition) is 0. The molecule has 0 aliphatic rings. The Hall–Kier alpha value is -2.21. The summed E-state index contributed by atoms with van der Waals surface area (Å²) >= 11 is 3.29. The number of nitrogens with zero attached hydrogens (tertiary/aromatic N) is 2. The van der Waals surface area contributed by atoms with Gasteiger partial charge >= 0.3 is 0 Å². The predicted octanol–water partition coefficient (Wildman–Crippen LogP) is 3.63. The number of benzene rings is 2. The van der Waals surface area contributed by atoms with Crippen LogP contribution in [0.25, 0.3) is 0 Å². The lowest BCUT2D eigenvalue weighted by atomic mass is 10.2. The van der Waals surface area contributed by atoms with Gasteiger partial charge in [-0.1, -0.05) is 28.1 Å². The zero-order valence-corrected chi connectivity index (χ0v) is 12.2. The number of halogens is 1. The second kappa shape index (κ2) is 5.83. The molecule has 6 heteroatoms. The molecule has 0 saturated carbocycles. The molecule has 2 aromatic carbocycles. The highest BCUT2D eigenvalue weighted by Gasteiger charge is 2.21. The molecular formula is C14H11BrN2O3. The van der Waals surface area contributed by atoms with Crippen molar-refractivity contribution in [1.29, 1.82) is 0 Å². The maximum Gasteiger partial charge on any atom is 0.292 e. The van der Waals surface area contributed by atoms with Crippen LogP contribution in [0.1, 0.15) is 10.4 Å². The first-order valence-corrected chi connectivity index (χ1v) is 6.57. The number of anilines is 1. The fourth-order valence-electron chi connectivity index (χ4n) is 1.80. The number of nitro groups is 1. The first kappa shape index (κ1) is 14.2. The van der Waals surface area contributed by atoms with Crippen LogP contribution in [0.2, 0.25) is 0 Å². The number of rotatable bonds is 3. The minimum Gasteiger partial charge on any atom is -0.305 e. The van der Waals surface area contributed by atoms with E-state index < -0.39 is 4.92 Å². The van der Waals surface area contributed by atoms with Gasteiger partial charge in [-0.05, 0) is 30.3 Å². The van der Waals surface area contributed by atoms with Gasteiger partial charge in [-0.25, -0.2) is 0 Å². The van der Waals surface area contributed by atoms with Crippen LogP contribution in [0.3, 0.4) is 0 Å². The van der Waals surface area contributed by atoms with Crippen LogP contribution in [0.15, 0.2) is 53.0 Å². The molecule has 0 aromatic heterocycles. The fraction of sp³-hybridized carbons (Fsp3) is 0.0714. The third-order valence-corrected chi connectivity index (χ3v) is 3.36. The SMILES string of the molecule is CN(C(=O)c1ccc(Br)cc1)c1ccccc1[N+](=O)[O-]. The number of hydrogen-bond acceptors (Lipinski definition) is 3. The zero-order chi connectivity index (χ0) is 14.7. The van der Waals surface area contributed by atoms with Gasteiger partial charge in [-0.3, -0.25) is 14.9 Å². The first-order valence-electron chi connectivity index (χ1n) is 5.78. The molecule has 20 heavy (non-hydrogen) atoms. The van der Waals surface area contributed by atoms with Crippen molar-refractivity contribution < 1.29 is 9.72 Å². The summed E-state index contributed by atoms with van der Waals surface area (Å²) in [5.41, 5.74) is 0.639. The highest BCUT2D eigenvalue weighted by atomic mass is 79.9. The van der Waals surface area contributed by atoms with Crippen molar-refractivity contribution in [2.24, 2.45) is 0 Å². The molecule has 5 nitrogen and oxygen atoms in total. The number of amides is 1. The van der Waals surface area contributed by atoms with E-state index >= 15 is 0 Å². The molecule has 2 aromatic rings. The Balaban J connectivity index is 2.36. The number of para-hydroxylation sites is 2. The molecule has 0 saturated heterocycles. The second-order valence-corrected chi connectivity index (χ2v) is 5.03. The van der Waals surface area contributed by atoms with E-state index in [1.165, 1.54) is 18.0 Å². The number of carbonyl (C=O) groups is 1. The van der Waals surface area contributed by atoms with Gasteiger partial charge in [0.05, 0.1) is 4.92 Å². The Morgan fingerprint density at radius 3 is 2.35 bits per heavy atom. The summed E-state index contributed by atoms with van der Waals surface area (Å²) in [6.07, 6.45) is 0. The first-order chi connectivity index (χ1) is 9.50. The molecule has 0 aliphatic heterocycles. The van der Waals surface area contributed by atoms with Crippen molar-refractivity contribution in [3.63, 3.8) is 0 Å². The molecule has 0 unspecified atom stereocenters. The van der Waals surface area contributed by atoms with Gasteiger partial charge in [0.1, 0.15) is 5.69 Å². The zero-order valence-electron chi connectivity index (χ0n) is 10.6. The van der Waals surface area contributed by atoms with Crippen molar-refractivity contribution in [3.05, 3.63) is 68.7 Å². The third kappa shape index (κ3) is 2.85. The Morgan fingerprint density at radius 1 is 1.15 bits per heavy atom. The predicted molar refractivity (Wildman–Crippen MR) is 80.0 cm³/mol. The van der Waals surface area contributed by atoms with Crippen LogP contribution in [0.4, 0.5) is 11.4 Å². The number of carbonyl (C=O) groups excluding carboxylic acids is 1. The maximum atomic E-state index is 12.3. The van der Waals surface area contributed by atoms with Crippen LogP contribution in [-0.4, -0.2) is 17.9 Å². The second-order valence-electron chi connectivity index (χ2n) is 4.12. The quantitative estimate of drug-likeness (QED) is 0.635. The van der Waals surface area contributed by atoms with Crippen LogP contribution in [0, 0.1) is 10.1 Å². The maximum absolute atomic E-state index is 12.3. The minimum atomic E-state index is -0.499. The average molecular weight is 335 g/mol. The van der Waals surface area contributed by atoms with E-state index in [0.717, 1.165) is 4.47 Å². The summed E-state index contributed by atoms with van der Waals surface area (Å²) in [4.78, 5) is 24.1. The van der Waals surface area contributed by atoms with E-state index in [0.29, 0.717) is 5.56 Å². The van der Waals surface area contributed by atoms with Gasteiger partial charge in [0, 0.05) is 23.2 Å². The Kier molecular flexibility index (Phi) is 4.14. The third-order valence-electron chi connectivity index (χ3n) is 2.84. The smallest absolute Gasteiger partial charge is 0.292 e. The molecule has 0 bridgehead atoms. The lowest BCUT2D eigenvalue weighted by molar-refractivity contribution is -0.384. The Morgan fingerprint density at radius 2 is 1.75 bits per heavy atom. The molecular weight excluding hydrogens is 324 g/mol. The summed E-state index contributed by atoms with van der Waals surface area (Å²) in [6.45, 7) is 0. The summed E-state index contributed by atoms with van der Waals surface area (Å²) in [7, 11) is 1.52. The highest BCUT2D eigenvalue weighted by Crippen LogP contribution is 2.27. The van der Waals surface area contributed by atoms with Gasteiger partial charge < -0.3 is 4.90 Å². The molecule has 1 amide bonds. The van der Waals surface area contributed by atoms with E-state index in [-0.39, 0.29) is 17.3 Å². The van der Waals surface area contributed by atoms with Crippen LogP contribution in [0.5, 0.6) is 0 Å². The van der Waals surface area contributed by atoms with E-state index in [4.69, 9.17) is 0 Å². The Labute approximate surface area is 124 Å². The van der Waals surface area contributed by atoms with Gasteiger partial charge in [0.2, 0.25) is 0 Å². The molecule has 2 rings (SSSR count). The van der Waals surface area contributed by atoms with Crippen molar-refractivity contribution in [3.8, 4) is 0 Å². The van der Waals surface area contributed by atoms with E-state index in [1.54, 1.807) is 42.5 Å². The summed E-state index contributed by atoms with van der Waals surface area (Å²) in [6, 6.07) is 13.0. The monoisotopic (exact) mass is 334 g/mol. The van der Waals surface area contributed by atoms with Gasteiger partial charge in [-0.15, -0.1) is 0 Å². The normalized spacial score (nSPS) is 10.1. The molecule has 0 fully saturated rings. The topological polar surface area (TPSA) is 63.5 Å². The van der Waals surface area contributed by atoms with Crippen molar-refractivity contribution in [2.75, 3.05) is 11.9 Å². The van der Waals surface area contributed by atoms with E-state index in [2.05, 4.69) is 15.9 Å². The minimum absolute atomic E-state index is 0.0968.